The van der Waals surface area contributed by atoms with Gasteiger partial charge in [-0.1, -0.05) is 48.5 Å². The molecule has 0 radical (unpaired) electrons. The lowest BCUT2D eigenvalue weighted by Crippen LogP contribution is -2.26. The second-order valence-corrected chi connectivity index (χ2v) is 5.51. The van der Waals surface area contributed by atoms with Crippen LogP contribution < -0.4 is 0 Å². The Labute approximate surface area is 136 Å². The number of hydrogen-bond donors (Lipinski definition) is 1. The first-order valence-corrected chi connectivity index (χ1v) is 7.82. The number of nitrogens with zero attached hydrogens (tertiary/aromatic N) is 3. The maximum atomic E-state index is 9.31. The van der Waals surface area contributed by atoms with Gasteiger partial charge in [0.15, 0.2) is 0 Å². The summed E-state index contributed by atoms with van der Waals surface area (Å²) < 4.78 is 1.88. The maximum absolute atomic E-state index is 9.31. The molecule has 1 heterocycles. The molecule has 3 aromatic rings. The first-order valence-electron chi connectivity index (χ1n) is 7.82. The average molecular weight is 307 g/mol. The molecule has 0 spiro atoms. The molecule has 1 aromatic heterocycles. The summed E-state index contributed by atoms with van der Waals surface area (Å²) in [6, 6.07) is 22.4. The van der Waals surface area contributed by atoms with Gasteiger partial charge in [0.05, 0.1) is 18.0 Å². The molecule has 0 saturated heterocycles. The van der Waals surface area contributed by atoms with Crippen molar-refractivity contribution in [1.82, 2.24) is 14.7 Å². The van der Waals surface area contributed by atoms with Crippen LogP contribution in [0.2, 0.25) is 0 Å². The van der Waals surface area contributed by atoms with Crippen LogP contribution in [-0.2, 0) is 13.1 Å². The van der Waals surface area contributed by atoms with Crippen molar-refractivity contribution >= 4 is 0 Å². The lowest BCUT2D eigenvalue weighted by Gasteiger charge is -2.20. The minimum absolute atomic E-state index is 0.145. The molecule has 4 nitrogen and oxygen atoms in total. The fourth-order valence-electron chi connectivity index (χ4n) is 2.60. The Bertz CT molecular complexity index is 710. The molecule has 1 N–H and O–H groups in total. The van der Waals surface area contributed by atoms with Gasteiger partial charge in [0.2, 0.25) is 0 Å². The molecule has 0 bridgehead atoms. The normalized spacial score (nSPS) is 11.0. The second kappa shape index (κ2) is 7.72. The summed E-state index contributed by atoms with van der Waals surface area (Å²) >= 11 is 0. The largest absolute Gasteiger partial charge is 0.395 e. The van der Waals surface area contributed by atoms with Gasteiger partial charge in [-0.3, -0.25) is 4.90 Å². The van der Waals surface area contributed by atoms with Crippen molar-refractivity contribution in [2.45, 2.75) is 13.1 Å². The molecule has 4 heteroatoms. The molecule has 0 aliphatic rings. The summed E-state index contributed by atoms with van der Waals surface area (Å²) in [5.41, 5.74) is 3.29. The smallest absolute Gasteiger partial charge is 0.0769 e. The van der Waals surface area contributed by atoms with Crippen molar-refractivity contribution in [1.29, 1.82) is 0 Å². The molecule has 0 atom stereocenters. The van der Waals surface area contributed by atoms with Gasteiger partial charge < -0.3 is 5.11 Å². The SMILES string of the molecule is OCCN(Cc1ccccc1)Cc1ccn(-c2ccccc2)n1. The molecule has 0 aliphatic heterocycles. The second-order valence-electron chi connectivity index (χ2n) is 5.51. The maximum Gasteiger partial charge on any atom is 0.0769 e. The van der Waals surface area contributed by atoms with E-state index in [2.05, 4.69) is 22.1 Å². The van der Waals surface area contributed by atoms with Gasteiger partial charge in [0.25, 0.3) is 0 Å². The van der Waals surface area contributed by atoms with E-state index in [4.69, 9.17) is 0 Å². The van der Waals surface area contributed by atoms with Gasteiger partial charge in [-0.15, -0.1) is 0 Å². The number of benzene rings is 2. The molecular formula is C19H21N3O. The van der Waals surface area contributed by atoms with E-state index in [0.717, 1.165) is 24.5 Å². The van der Waals surface area contributed by atoms with Crippen LogP contribution in [0.4, 0.5) is 0 Å². The molecule has 3 rings (SSSR count). The van der Waals surface area contributed by atoms with E-state index in [0.29, 0.717) is 6.54 Å². The third-order valence-corrected chi connectivity index (χ3v) is 3.72. The average Bonchev–Trinajstić information content (AvgIpc) is 3.05. The molecule has 0 fully saturated rings. The Balaban J connectivity index is 1.69. The van der Waals surface area contributed by atoms with Crippen molar-refractivity contribution in [2.24, 2.45) is 0 Å². The molecular weight excluding hydrogens is 286 g/mol. The molecule has 2 aromatic carbocycles. The Kier molecular flexibility index (Phi) is 5.19. The van der Waals surface area contributed by atoms with E-state index in [1.54, 1.807) is 0 Å². The standard InChI is InChI=1S/C19H21N3O/c23-14-13-21(15-17-7-3-1-4-8-17)16-18-11-12-22(20-18)19-9-5-2-6-10-19/h1-12,23H,13-16H2. The number of aliphatic hydroxyl groups is 1. The predicted octanol–water partition coefficient (Wildman–Crippen LogP) is 2.87. The molecule has 23 heavy (non-hydrogen) atoms. The Morgan fingerprint density at radius 1 is 0.870 bits per heavy atom. The van der Waals surface area contributed by atoms with Crippen LogP contribution in [0.3, 0.4) is 0 Å². The molecule has 0 saturated carbocycles. The summed E-state index contributed by atoms with van der Waals surface area (Å²) in [5, 5.41) is 13.9. The van der Waals surface area contributed by atoms with Gasteiger partial charge in [0.1, 0.15) is 0 Å². The number of aliphatic hydroxyl groups excluding tert-OH is 1. The molecule has 0 amide bonds. The Hall–Kier alpha value is -2.43. The molecule has 0 unspecified atom stereocenters. The van der Waals surface area contributed by atoms with Gasteiger partial charge in [-0.25, -0.2) is 4.68 Å². The number of aromatic nitrogens is 2. The molecule has 0 aliphatic carbocycles. The molecule has 118 valence electrons. The quantitative estimate of drug-likeness (QED) is 0.730. The third-order valence-electron chi connectivity index (χ3n) is 3.72. The summed E-state index contributed by atoms with van der Waals surface area (Å²) in [7, 11) is 0. The number of hydrogen-bond acceptors (Lipinski definition) is 3. The third kappa shape index (κ3) is 4.28. The Morgan fingerprint density at radius 2 is 1.57 bits per heavy atom. The van der Waals surface area contributed by atoms with E-state index >= 15 is 0 Å². The van der Waals surface area contributed by atoms with Crippen molar-refractivity contribution in [3.63, 3.8) is 0 Å². The fourth-order valence-corrected chi connectivity index (χ4v) is 2.60. The van der Waals surface area contributed by atoms with Gasteiger partial charge in [0, 0.05) is 25.8 Å². The minimum Gasteiger partial charge on any atom is -0.395 e. The summed E-state index contributed by atoms with van der Waals surface area (Å²) in [4.78, 5) is 2.20. The lowest BCUT2D eigenvalue weighted by molar-refractivity contribution is 0.182. The van der Waals surface area contributed by atoms with Crippen LogP contribution in [0.15, 0.2) is 72.9 Å². The highest BCUT2D eigenvalue weighted by molar-refractivity contribution is 5.30. The van der Waals surface area contributed by atoms with Crippen LogP contribution >= 0.6 is 0 Å². The highest BCUT2D eigenvalue weighted by Crippen LogP contribution is 2.11. The van der Waals surface area contributed by atoms with Gasteiger partial charge in [-0.05, 0) is 23.8 Å². The van der Waals surface area contributed by atoms with Crippen LogP contribution in [-0.4, -0.2) is 32.9 Å². The van der Waals surface area contributed by atoms with E-state index in [1.165, 1.54) is 5.56 Å². The van der Waals surface area contributed by atoms with Gasteiger partial charge in [-0.2, -0.15) is 5.10 Å². The lowest BCUT2D eigenvalue weighted by atomic mass is 10.2. The fraction of sp³-hybridized carbons (Fsp3) is 0.211. The highest BCUT2D eigenvalue weighted by Gasteiger charge is 2.09. The van der Waals surface area contributed by atoms with Crippen molar-refractivity contribution in [3.05, 3.63) is 84.2 Å². The van der Waals surface area contributed by atoms with Crippen LogP contribution in [0.25, 0.3) is 5.69 Å². The zero-order valence-electron chi connectivity index (χ0n) is 13.0. The highest BCUT2D eigenvalue weighted by atomic mass is 16.3. The van der Waals surface area contributed by atoms with Crippen LogP contribution in [0, 0.1) is 0 Å². The monoisotopic (exact) mass is 307 g/mol. The first-order chi connectivity index (χ1) is 11.3. The van der Waals surface area contributed by atoms with E-state index < -0.39 is 0 Å². The minimum atomic E-state index is 0.145. The summed E-state index contributed by atoms with van der Waals surface area (Å²) in [6.07, 6.45) is 1.98. The predicted molar refractivity (Wildman–Crippen MR) is 91.2 cm³/mol. The van der Waals surface area contributed by atoms with Crippen molar-refractivity contribution < 1.29 is 5.11 Å². The summed E-state index contributed by atoms with van der Waals surface area (Å²) in [5.74, 6) is 0. The van der Waals surface area contributed by atoms with Crippen molar-refractivity contribution in [2.75, 3.05) is 13.2 Å². The zero-order chi connectivity index (χ0) is 15.9. The van der Waals surface area contributed by atoms with Gasteiger partial charge >= 0.3 is 0 Å². The number of para-hydroxylation sites is 1. The van der Waals surface area contributed by atoms with Crippen LogP contribution in [0.5, 0.6) is 0 Å². The van der Waals surface area contributed by atoms with E-state index in [9.17, 15) is 5.11 Å². The number of rotatable bonds is 7. The first kappa shape index (κ1) is 15.5. The van der Waals surface area contributed by atoms with E-state index in [-0.39, 0.29) is 6.61 Å². The van der Waals surface area contributed by atoms with Crippen LogP contribution in [0.1, 0.15) is 11.3 Å². The van der Waals surface area contributed by atoms with E-state index in [1.807, 2.05) is 65.5 Å². The summed E-state index contributed by atoms with van der Waals surface area (Å²) in [6.45, 7) is 2.30. The zero-order valence-corrected chi connectivity index (χ0v) is 13.0. The topological polar surface area (TPSA) is 41.3 Å². The van der Waals surface area contributed by atoms with Crippen molar-refractivity contribution in [3.8, 4) is 5.69 Å². The Morgan fingerprint density at radius 3 is 2.26 bits per heavy atom.